The Morgan fingerprint density at radius 1 is 1.06 bits per heavy atom. The van der Waals surface area contributed by atoms with E-state index in [-0.39, 0.29) is 0 Å². The molecule has 0 aromatic heterocycles. The van der Waals surface area contributed by atoms with Crippen LogP contribution in [0.1, 0.15) is 58.3 Å². The third kappa shape index (κ3) is 3.08. The van der Waals surface area contributed by atoms with E-state index < -0.39 is 0 Å². The first-order valence-corrected chi connectivity index (χ1v) is 8.34. The van der Waals surface area contributed by atoms with Gasteiger partial charge >= 0.3 is 0 Å². The van der Waals surface area contributed by atoms with Crippen LogP contribution in [0.25, 0.3) is 0 Å². The van der Waals surface area contributed by atoms with Crippen LogP contribution in [0, 0.1) is 11.8 Å². The van der Waals surface area contributed by atoms with Crippen LogP contribution in [0.2, 0.25) is 0 Å². The molecule has 0 radical (unpaired) electrons. The number of hydrogen-bond donors (Lipinski definition) is 1. The molecule has 2 aliphatic carbocycles. The van der Waals surface area contributed by atoms with Crippen LogP contribution in [0.5, 0.6) is 0 Å². The lowest BCUT2D eigenvalue weighted by Gasteiger charge is -2.44. The number of hydrogen-bond acceptors (Lipinski definition) is 2. The Balaban J connectivity index is 1.56. The van der Waals surface area contributed by atoms with E-state index in [1.54, 1.807) is 0 Å². The van der Waals surface area contributed by atoms with Gasteiger partial charge in [0.15, 0.2) is 0 Å². The average Bonchev–Trinajstić information content (AvgIpc) is 3.24. The molecule has 0 amide bonds. The highest BCUT2D eigenvalue weighted by atomic mass is 15.2. The lowest BCUT2D eigenvalue weighted by molar-refractivity contribution is 0.0895. The zero-order valence-corrected chi connectivity index (χ0v) is 12.0. The lowest BCUT2D eigenvalue weighted by Crippen LogP contribution is -2.59. The van der Waals surface area contributed by atoms with Gasteiger partial charge in [-0.25, -0.2) is 0 Å². The fraction of sp³-hybridized carbons (Fsp3) is 1.00. The van der Waals surface area contributed by atoms with Gasteiger partial charge in [-0.1, -0.05) is 26.2 Å². The summed E-state index contributed by atoms with van der Waals surface area (Å²) in [4.78, 5) is 2.83. The Bertz CT molecular complexity index is 256. The molecule has 3 fully saturated rings. The molecule has 2 atom stereocenters. The zero-order chi connectivity index (χ0) is 12.4. The summed E-state index contributed by atoms with van der Waals surface area (Å²) < 4.78 is 0. The van der Waals surface area contributed by atoms with Crippen molar-refractivity contribution in [3.05, 3.63) is 0 Å². The second-order valence-corrected chi connectivity index (χ2v) is 6.87. The smallest absolute Gasteiger partial charge is 0.0224 e. The maximum Gasteiger partial charge on any atom is 0.0224 e. The minimum absolute atomic E-state index is 0.798. The van der Waals surface area contributed by atoms with Gasteiger partial charge in [0.2, 0.25) is 0 Å². The van der Waals surface area contributed by atoms with Crippen molar-refractivity contribution >= 4 is 0 Å². The minimum Gasteiger partial charge on any atom is -0.311 e. The van der Waals surface area contributed by atoms with E-state index in [4.69, 9.17) is 0 Å². The largest absolute Gasteiger partial charge is 0.311 e. The van der Waals surface area contributed by atoms with Crippen LogP contribution in [0.15, 0.2) is 0 Å². The molecule has 0 spiro atoms. The van der Waals surface area contributed by atoms with Crippen molar-refractivity contribution in [2.75, 3.05) is 19.6 Å². The SMILES string of the molecule is CCC1CNC(C2CCCCC2)CN1CC1CC1. The van der Waals surface area contributed by atoms with Crippen LogP contribution in [0.3, 0.4) is 0 Å². The monoisotopic (exact) mass is 250 g/mol. The predicted octanol–water partition coefficient (Wildman–Crippen LogP) is 3.03. The maximum atomic E-state index is 3.87. The first-order valence-electron chi connectivity index (χ1n) is 8.34. The highest BCUT2D eigenvalue weighted by molar-refractivity contribution is 4.92. The van der Waals surface area contributed by atoms with Crippen molar-refractivity contribution in [3.8, 4) is 0 Å². The molecule has 104 valence electrons. The Morgan fingerprint density at radius 3 is 2.50 bits per heavy atom. The standard InChI is InChI=1S/C16H30N2/c1-2-15-10-17-16(14-6-4-3-5-7-14)12-18(15)11-13-8-9-13/h13-17H,2-12H2,1H3. The number of nitrogens with zero attached hydrogens (tertiary/aromatic N) is 1. The van der Waals surface area contributed by atoms with E-state index in [0.29, 0.717) is 0 Å². The van der Waals surface area contributed by atoms with E-state index >= 15 is 0 Å². The molecule has 0 bridgehead atoms. The topological polar surface area (TPSA) is 15.3 Å². The molecule has 0 aromatic rings. The van der Waals surface area contributed by atoms with E-state index in [0.717, 1.165) is 23.9 Å². The summed E-state index contributed by atoms with van der Waals surface area (Å²) in [5.41, 5.74) is 0. The summed E-state index contributed by atoms with van der Waals surface area (Å²) in [6.45, 7) is 6.32. The van der Waals surface area contributed by atoms with Gasteiger partial charge < -0.3 is 5.32 Å². The molecule has 2 saturated carbocycles. The molecule has 2 unspecified atom stereocenters. The third-order valence-electron chi connectivity index (χ3n) is 5.44. The highest BCUT2D eigenvalue weighted by Gasteiger charge is 2.34. The maximum absolute atomic E-state index is 3.87. The van der Waals surface area contributed by atoms with Crippen molar-refractivity contribution in [2.45, 2.75) is 70.4 Å². The molecule has 18 heavy (non-hydrogen) atoms. The Hall–Kier alpha value is -0.0800. The van der Waals surface area contributed by atoms with Gasteiger partial charge in [0.25, 0.3) is 0 Å². The molecular formula is C16H30N2. The summed E-state index contributed by atoms with van der Waals surface area (Å²) in [6.07, 6.45) is 11.7. The van der Waals surface area contributed by atoms with Gasteiger partial charge in [-0.05, 0) is 43.9 Å². The van der Waals surface area contributed by atoms with E-state index in [2.05, 4.69) is 17.1 Å². The lowest BCUT2D eigenvalue weighted by atomic mass is 9.82. The van der Waals surface area contributed by atoms with Crippen LogP contribution in [0.4, 0.5) is 0 Å². The number of piperazine rings is 1. The van der Waals surface area contributed by atoms with Crippen LogP contribution < -0.4 is 5.32 Å². The molecule has 2 nitrogen and oxygen atoms in total. The zero-order valence-electron chi connectivity index (χ0n) is 12.0. The van der Waals surface area contributed by atoms with Gasteiger partial charge in [-0.3, -0.25) is 4.90 Å². The molecule has 1 aliphatic heterocycles. The summed E-state index contributed by atoms with van der Waals surface area (Å²) in [6, 6.07) is 1.61. The van der Waals surface area contributed by atoms with Crippen LogP contribution in [-0.4, -0.2) is 36.6 Å². The second kappa shape index (κ2) is 5.92. The van der Waals surface area contributed by atoms with Gasteiger partial charge in [0.05, 0.1) is 0 Å². The fourth-order valence-corrected chi connectivity index (χ4v) is 3.99. The first-order chi connectivity index (χ1) is 8.86. The molecule has 3 aliphatic rings. The quantitative estimate of drug-likeness (QED) is 0.825. The third-order valence-corrected chi connectivity index (χ3v) is 5.44. The Kier molecular flexibility index (Phi) is 4.25. The average molecular weight is 250 g/mol. The van der Waals surface area contributed by atoms with Crippen molar-refractivity contribution < 1.29 is 0 Å². The van der Waals surface area contributed by atoms with Gasteiger partial charge in [-0.15, -0.1) is 0 Å². The Labute approximate surface area is 113 Å². The minimum atomic E-state index is 0.798. The van der Waals surface area contributed by atoms with Crippen molar-refractivity contribution in [2.24, 2.45) is 11.8 Å². The molecule has 1 heterocycles. The van der Waals surface area contributed by atoms with Crippen LogP contribution in [-0.2, 0) is 0 Å². The van der Waals surface area contributed by atoms with E-state index in [1.807, 2.05) is 0 Å². The molecule has 0 aromatic carbocycles. The molecule has 3 rings (SSSR count). The summed E-state index contributed by atoms with van der Waals surface area (Å²) >= 11 is 0. The highest BCUT2D eigenvalue weighted by Crippen LogP contribution is 2.33. The van der Waals surface area contributed by atoms with Crippen LogP contribution >= 0.6 is 0 Å². The molecule has 1 N–H and O–H groups in total. The van der Waals surface area contributed by atoms with Crippen molar-refractivity contribution in [3.63, 3.8) is 0 Å². The Morgan fingerprint density at radius 2 is 1.83 bits per heavy atom. The van der Waals surface area contributed by atoms with Crippen molar-refractivity contribution in [1.82, 2.24) is 10.2 Å². The first kappa shape index (κ1) is 12.9. The number of nitrogens with one attached hydrogen (secondary N) is 1. The second-order valence-electron chi connectivity index (χ2n) is 6.87. The molecular weight excluding hydrogens is 220 g/mol. The summed E-state index contributed by atoms with van der Waals surface area (Å²) in [5, 5.41) is 3.87. The predicted molar refractivity (Wildman–Crippen MR) is 76.7 cm³/mol. The van der Waals surface area contributed by atoms with Gasteiger partial charge in [-0.2, -0.15) is 0 Å². The number of rotatable bonds is 4. The van der Waals surface area contributed by atoms with Gasteiger partial charge in [0, 0.05) is 31.7 Å². The fourth-order valence-electron chi connectivity index (χ4n) is 3.99. The van der Waals surface area contributed by atoms with Crippen molar-refractivity contribution in [1.29, 1.82) is 0 Å². The molecule has 2 heteroatoms. The molecule has 1 saturated heterocycles. The summed E-state index contributed by atoms with van der Waals surface area (Å²) in [7, 11) is 0. The van der Waals surface area contributed by atoms with E-state index in [9.17, 15) is 0 Å². The normalized spacial score (nSPS) is 35.8. The van der Waals surface area contributed by atoms with E-state index in [1.165, 1.54) is 71.0 Å². The summed E-state index contributed by atoms with van der Waals surface area (Å²) in [5.74, 6) is 2.02. The van der Waals surface area contributed by atoms with Gasteiger partial charge in [0.1, 0.15) is 0 Å².